The molecule has 1 heteroatoms. The minimum absolute atomic E-state index is 1.12. The molecule has 1 nitrogen and oxygen atoms in total. The van der Waals surface area contributed by atoms with Crippen LogP contribution in [0.5, 0.6) is 0 Å². The highest BCUT2D eigenvalue weighted by Crippen LogP contribution is 2.21. The zero-order chi connectivity index (χ0) is 10.4. The Morgan fingerprint density at radius 3 is 2.71 bits per heavy atom. The van der Waals surface area contributed by atoms with E-state index in [4.69, 9.17) is 0 Å². The molecule has 1 saturated heterocycles. The van der Waals surface area contributed by atoms with Gasteiger partial charge in [0.25, 0.3) is 0 Å². The van der Waals surface area contributed by atoms with Gasteiger partial charge in [-0.1, -0.05) is 23.8 Å². The first-order valence-corrected chi connectivity index (χ1v) is 5.49. The summed E-state index contributed by atoms with van der Waals surface area (Å²) in [6.07, 6.45) is 10.2. The largest absolute Gasteiger partial charge is 0.385 e. The van der Waals surface area contributed by atoms with E-state index in [1.165, 1.54) is 36.1 Å². The van der Waals surface area contributed by atoms with Crippen molar-refractivity contribution in [1.82, 2.24) is 5.32 Å². The van der Waals surface area contributed by atoms with Crippen molar-refractivity contribution in [2.75, 3.05) is 6.54 Å². The Labute approximate surface area is 87.6 Å². The molecule has 0 aromatic heterocycles. The highest BCUT2D eigenvalue weighted by Gasteiger charge is 2.09. The molecule has 0 saturated carbocycles. The van der Waals surface area contributed by atoms with Gasteiger partial charge in [-0.3, -0.25) is 0 Å². The van der Waals surface area contributed by atoms with Crippen LogP contribution in [-0.4, -0.2) is 6.54 Å². The van der Waals surface area contributed by atoms with E-state index in [2.05, 4.69) is 44.3 Å². The normalized spacial score (nSPS) is 21.1. The lowest BCUT2D eigenvalue weighted by Gasteiger charge is -2.11. The van der Waals surface area contributed by atoms with E-state index in [1.807, 2.05) is 0 Å². The zero-order valence-electron chi connectivity index (χ0n) is 9.56. The second kappa shape index (κ2) is 5.69. The lowest BCUT2D eigenvalue weighted by atomic mass is 10.0. The summed E-state index contributed by atoms with van der Waals surface area (Å²) in [5, 5.41) is 3.52. The molecule has 78 valence electrons. The average Bonchev–Trinajstić information content (AvgIpc) is 2.39. The number of nitrogens with one attached hydrogen (secondary N) is 1. The predicted molar refractivity (Wildman–Crippen MR) is 63.1 cm³/mol. The van der Waals surface area contributed by atoms with Crippen molar-refractivity contribution in [2.24, 2.45) is 0 Å². The van der Waals surface area contributed by atoms with Crippen LogP contribution >= 0.6 is 0 Å². The second-order valence-corrected chi connectivity index (χ2v) is 3.98. The van der Waals surface area contributed by atoms with Crippen molar-refractivity contribution in [2.45, 2.75) is 40.0 Å². The van der Waals surface area contributed by atoms with Gasteiger partial charge in [-0.2, -0.15) is 0 Å². The molecule has 1 fully saturated rings. The average molecular weight is 191 g/mol. The molecule has 14 heavy (non-hydrogen) atoms. The topological polar surface area (TPSA) is 12.0 Å². The van der Waals surface area contributed by atoms with Crippen molar-refractivity contribution in [3.63, 3.8) is 0 Å². The second-order valence-electron chi connectivity index (χ2n) is 3.98. The standard InChI is InChI=1S/C13H21N/c1-4-5-8-12-9-6-7-10-14-13(12)11(2)3/h4-5,8,14H,6-7,9-10H2,1-3H3/b5-4-,12-8-. The molecule has 0 spiro atoms. The summed E-state index contributed by atoms with van der Waals surface area (Å²) in [5.41, 5.74) is 4.21. The Morgan fingerprint density at radius 1 is 1.29 bits per heavy atom. The molecular weight excluding hydrogens is 170 g/mol. The van der Waals surface area contributed by atoms with Gasteiger partial charge in [-0.05, 0) is 45.6 Å². The minimum atomic E-state index is 1.12. The lowest BCUT2D eigenvalue weighted by molar-refractivity contribution is 0.729. The summed E-state index contributed by atoms with van der Waals surface area (Å²) in [7, 11) is 0. The maximum atomic E-state index is 3.52. The first-order valence-electron chi connectivity index (χ1n) is 5.49. The fourth-order valence-electron chi connectivity index (χ4n) is 1.77. The van der Waals surface area contributed by atoms with Gasteiger partial charge in [0.1, 0.15) is 0 Å². The van der Waals surface area contributed by atoms with E-state index in [9.17, 15) is 0 Å². The molecule has 0 atom stereocenters. The van der Waals surface area contributed by atoms with Gasteiger partial charge in [0.15, 0.2) is 0 Å². The van der Waals surface area contributed by atoms with Crippen molar-refractivity contribution in [3.05, 3.63) is 35.1 Å². The molecule has 0 aliphatic carbocycles. The van der Waals surface area contributed by atoms with Crippen LogP contribution in [0.15, 0.2) is 35.1 Å². The summed E-state index contributed by atoms with van der Waals surface area (Å²) >= 11 is 0. The number of allylic oxidation sites excluding steroid dienone is 5. The number of hydrogen-bond acceptors (Lipinski definition) is 1. The van der Waals surface area contributed by atoms with Crippen molar-refractivity contribution >= 4 is 0 Å². The fourth-order valence-corrected chi connectivity index (χ4v) is 1.77. The Bertz CT molecular complexity index is 265. The summed E-state index contributed by atoms with van der Waals surface area (Å²) in [4.78, 5) is 0. The molecule has 0 unspecified atom stereocenters. The monoisotopic (exact) mass is 191 g/mol. The van der Waals surface area contributed by atoms with Gasteiger partial charge in [0.05, 0.1) is 0 Å². The quantitative estimate of drug-likeness (QED) is 0.668. The fraction of sp³-hybridized carbons (Fsp3) is 0.538. The van der Waals surface area contributed by atoms with E-state index < -0.39 is 0 Å². The third kappa shape index (κ3) is 3.06. The van der Waals surface area contributed by atoms with Gasteiger partial charge >= 0.3 is 0 Å². The lowest BCUT2D eigenvalue weighted by Crippen LogP contribution is -2.14. The maximum Gasteiger partial charge on any atom is 0.0358 e. The van der Waals surface area contributed by atoms with Gasteiger partial charge in [-0.15, -0.1) is 0 Å². The third-order valence-corrected chi connectivity index (χ3v) is 2.49. The Balaban J connectivity index is 2.91. The molecule has 0 aromatic carbocycles. The van der Waals surface area contributed by atoms with Crippen LogP contribution in [0.4, 0.5) is 0 Å². The molecular formula is C13H21N. The smallest absolute Gasteiger partial charge is 0.0358 e. The van der Waals surface area contributed by atoms with Crippen molar-refractivity contribution in [1.29, 1.82) is 0 Å². The molecule has 0 amide bonds. The molecule has 1 rings (SSSR count). The van der Waals surface area contributed by atoms with Crippen LogP contribution in [0.3, 0.4) is 0 Å². The summed E-state index contributed by atoms with van der Waals surface area (Å²) < 4.78 is 0. The molecule has 1 N–H and O–H groups in total. The predicted octanol–water partition coefficient (Wildman–Crippen LogP) is 3.56. The van der Waals surface area contributed by atoms with Gasteiger partial charge in [0.2, 0.25) is 0 Å². The van der Waals surface area contributed by atoms with E-state index >= 15 is 0 Å². The minimum Gasteiger partial charge on any atom is -0.385 e. The third-order valence-electron chi connectivity index (χ3n) is 2.49. The summed E-state index contributed by atoms with van der Waals surface area (Å²) in [6, 6.07) is 0. The van der Waals surface area contributed by atoms with Crippen molar-refractivity contribution < 1.29 is 0 Å². The number of hydrogen-bond donors (Lipinski definition) is 1. The highest BCUT2D eigenvalue weighted by atomic mass is 14.9. The van der Waals surface area contributed by atoms with Gasteiger partial charge in [-0.25, -0.2) is 0 Å². The van der Waals surface area contributed by atoms with Crippen LogP contribution in [0, 0.1) is 0 Å². The molecule has 1 aliphatic rings. The first-order chi connectivity index (χ1) is 6.75. The Kier molecular flexibility index (Phi) is 4.51. The number of rotatable bonds is 1. The Morgan fingerprint density at radius 2 is 2.07 bits per heavy atom. The Hall–Kier alpha value is -0.980. The van der Waals surface area contributed by atoms with Gasteiger partial charge < -0.3 is 5.32 Å². The van der Waals surface area contributed by atoms with E-state index in [1.54, 1.807) is 0 Å². The maximum absolute atomic E-state index is 3.52. The summed E-state index contributed by atoms with van der Waals surface area (Å²) in [6.45, 7) is 7.53. The highest BCUT2D eigenvalue weighted by molar-refractivity contribution is 5.35. The van der Waals surface area contributed by atoms with Gasteiger partial charge in [0, 0.05) is 12.2 Å². The van der Waals surface area contributed by atoms with E-state index in [0.717, 1.165) is 6.54 Å². The molecule has 1 aliphatic heterocycles. The van der Waals surface area contributed by atoms with Crippen LogP contribution in [-0.2, 0) is 0 Å². The van der Waals surface area contributed by atoms with Crippen LogP contribution in [0.25, 0.3) is 0 Å². The SMILES string of the molecule is C/C=C\C=C1\CCCCNC1=C(C)C. The first kappa shape index (κ1) is 11.1. The van der Waals surface area contributed by atoms with Crippen LogP contribution in [0.1, 0.15) is 40.0 Å². The molecule has 1 heterocycles. The molecule has 0 radical (unpaired) electrons. The van der Waals surface area contributed by atoms with Crippen molar-refractivity contribution in [3.8, 4) is 0 Å². The van der Waals surface area contributed by atoms with E-state index in [-0.39, 0.29) is 0 Å². The van der Waals surface area contributed by atoms with Crippen LogP contribution in [0.2, 0.25) is 0 Å². The van der Waals surface area contributed by atoms with E-state index in [0.29, 0.717) is 0 Å². The molecule has 0 bridgehead atoms. The molecule has 0 aromatic rings. The summed E-state index contributed by atoms with van der Waals surface area (Å²) in [5.74, 6) is 0. The zero-order valence-corrected chi connectivity index (χ0v) is 9.56. The van der Waals surface area contributed by atoms with Crippen LogP contribution < -0.4 is 5.32 Å².